The number of hydrogen-bond acceptors (Lipinski definition) is 7. The van der Waals surface area contributed by atoms with E-state index in [1.165, 1.54) is 0 Å². The fourth-order valence-corrected chi connectivity index (χ4v) is 3.92. The lowest BCUT2D eigenvalue weighted by Crippen LogP contribution is -2.33. The summed E-state index contributed by atoms with van der Waals surface area (Å²) in [4.78, 5) is 13.6. The van der Waals surface area contributed by atoms with E-state index < -0.39 is 0 Å². The van der Waals surface area contributed by atoms with Crippen LogP contribution in [0.5, 0.6) is 0 Å². The highest BCUT2D eigenvalue weighted by Gasteiger charge is 2.19. The van der Waals surface area contributed by atoms with Crippen LogP contribution in [0.15, 0.2) is 30.6 Å². The Bertz CT molecular complexity index is 756. The van der Waals surface area contributed by atoms with Gasteiger partial charge in [0.2, 0.25) is 0 Å². The number of nitrogens with zero attached hydrogens (tertiary/aromatic N) is 3. The molecule has 0 radical (unpaired) electrons. The Morgan fingerprint density at radius 2 is 1.79 bits per heavy atom. The zero-order valence-corrected chi connectivity index (χ0v) is 16.3. The molecule has 4 rings (SSSR count). The molecule has 2 fully saturated rings. The molecule has 2 aromatic rings. The van der Waals surface area contributed by atoms with Crippen molar-refractivity contribution >= 4 is 11.6 Å². The molecular weight excluding hydrogens is 352 g/mol. The number of pyridine rings is 1. The van der Waals surface area contributed by atoms with Crippen molar-refractivity contribution in [2.45, 2.75) is 50.6 Å². The van der Waals surface area contributed by atoms with Gasteiger partial charge in [0.15, 0.2) is 0 Å². The summed E-state index contributed by atoms with van der Waals surface area (Å²) in [5.74, 6) is 2.39. The molecule has 0 atom stereocenters. The topological polar surface area (TPSA) is 98.0 Å². The quantitative estimate of drug-likeness (QED) is 0.706. The average molecular weight is 383 g/mol. The molecule has 0 spiro atoms. The minimum absolute atomic E-state index is 0.347. The van der Waals surface area contributed by atoms with Gasteiger partial charge in [-0.25, -0.2) is 15.0 Å². The monoisotopic (exact) mass is 382 g/mol. The first-order chi connectivity index (χ1) is 13.8. The fourth-order valence-electron chi connectivity index (χ4n) is 3.92. The third-order valence-corrected chi connectivity index (χ3v) is 5.72. The van der Waals surface area contributed by atoms with Gasteiger partial charge in [-0.1, -0.05) is 6.07 Å². The van der Waals surface area contributed by atoms with Crippen molar-refractivity contribution in [1.82, 2.24) is 15.0 Å². The first-order valence-corrected chi connectivity index (χ1v) is 10.4. The van der Waals surface area contributed by atoms with Crippen LogP contribution in [0.2, 0.25) is 0 Å². The minimum atomic E-state index is 0.347. The second-order valence-corrected chi connectivity index (χ2v) is 7.89. The summed E-state index contributed by atoms with van der Waals surface area (Å²) in [6.45, 7) is 2.66. The van der Waals surface area contributed by atoms with Crippen LogP contribution in [0.1, 0.15) is 38.5 Å². The molecule has 3 heterocycles. The summed E-state index contributed by atoms with van der Waals surface area (Å²) in [7, 11) is 0. The molecule has 150 valence electrons. The van der Waals surface area contributed by atoms with Crippen molar-refractivity contribution in [3.8, 4) is 11.4 Å². The van der Waals surface area contributed by atoms with Crippen molar-refractivity contribution in [2.24, 2.45) is 11.7 Å². The van der Waals surface area contributed by atoms with Crippen molar-refractivity contribution in [3.63, 3.8) is 0 Å². The maximum Gasteiger partial charge on any atom is 0.130 e. The highest BCUT2D eigenvalue weighted by atomic mass is 16.5. The zero-order chi connectivity index (χ0) is 19.2. The van der Waals surface area contributed by atoms with E-state index in [2.05, 4.69) is 20.6 Å². The summed E-state index contributed by atoms with van der Waals surface area (Å²) < 4.78 is 5.43. The van der Waals surface area contributed by atoms with Gasteiger partial charge in [0.1, 0.15) is 18.0 Å². The van der Waals surface area contributed by atoms with Crippen LogP contribution in [-0.2, 0) is 4.74 Å². The predicted molar refractivity (Wildman–Crippen MR) is 111 cm³/mol. The van der Waals surface area contributed by atoms with Gasteiger partial charge < -0.3 is 21.1 Å². The maximum atomic E-state index is 6.00. The van der Waals surface area contributed by atoms with E-state index in [4.69, 9.17) is 15.5 Å². The van der Waals surface area contributed by atoms with Gasteiger partial charge in [0.05, 0.1) is 11.4 Å². The molecule has 0 amide bonds. The minimum Gasteiger partial charge on any atom is -0.381 e. The number of anilines is 2. The van der Waals surface area contributed by atoms with Crippen LogP contribution in [0, 0.1) is 5.92 Å². The lowest BCUT2D eigenvalue weighted by molar-refractivity contribution is 0.0699. The lowest BCUT2D eigenvalue weighted by atomic mass is 9.92. The van der Waals surface area contributed by atoms with E-state index in [1.54, 1.807) is 6.33 Å². The SMILES string of the molecule is N[C@H]1CC[C@H](Nc2cc(-c3cccc(NCC4CCOCC4)n3)ncn2)CC1. The number of ether oxygens (including phenoxy) is 1. The average Bonchev–Trinajstić information content (AvgIpc) is 2.75. The van der Waals surface area contributed by atoms with E-state index in [-0.39, 0.29) is 0 Å². The highest BCUT2D eigenvalue weighted by Crippen LogP contribution is 2.23. The molecule has 28 heavy (non-hydrogen) atoms. The molecule has 1 aliphatic heterocycles. The van der Waals surface area contributed by atoms with Gasteiger partial charge in [0, 0.05) is 37.9 Å². The first-order valence-electron chi connectivity index (χ1n) is 10.4. The molecule has 0 bridgehead atoms. The Labute approximate surface area is 166 Å². The van der Waals surface area contributed by atoms with Gasteiger partial charge in [-0.05, 0) is 56.6 Å². The Balaban J connectivity index is 1.39. The van der Waals surface area contributed by atoms with Crippen LogP contribution in [0.4, 0.5) is 11.6 Å². The van der Waals surface area contributed by atoms with E-state index in [1.807, 2.05) is 24.3 Å². The molecule has 1 aliphatic carbocycles. The number of nitrogens with two attached hydrogens (primary N) is 1. The largest absolute Gasteiger partial charge is 0.381 e. The second-order valence-electron chi connectivity index (χ2n) is 7.89. The van der Waals surface area contributed by atoms with E-state index in [9.17, 15) is 0 Å². The molecule has 2 aliphatic rings. The van der Waals surface area contributed by atoms with Crippen LogP contribution < -0.4 is 16.4 Å². The predicted octanol–water partition coefficient (Wildman–Crippen LogP) is 3.06. The van der Waals surface area contributed by atoms with Gasteiger partial charge in [-0.15, -0.1) is 0 Å². The van der Waals surface area contributed by atoms with Crippen molar-refractivity contribution in [1.29, 1.82) is 0 Å². The van der Waals surface area contributed by atoms with Gasteiger partial charge in [0.25, 0.3) is 0 Å². The highest BCUT2D eigenvalue weighted by molar-refractivity contribution is 5.60. The second kappa shape index (κ2) is 9.30. The third-order valence-electron chi connectivity index (χ3n) is 5.72. The molecular formula is C21H30N6O. The third kappa shape index (κ3) is 5.17. The Morgan fingerprint density at radius 1 is 0.964 bits per heavy atom. The number of rotatable bonds is 6. The van der Waals surface area contributed by atoms with Crippen LogP contribution in [-0.4, -0.2) is 46.8 Å². The maximum absolute atomic E-state index is 6.00. The summed E-state index contributed by atoms with van der Waals surface area (Å²) in [5, 5.41) is 7.00. The fraction of sp³-hybridized carbons (Fsp3) is 0.571. The van der Waals surface area contributed by atoms with Crippen molar-refractivity contribution < 1.29 is 4.74 Å². The van der Waals surface area contributed by atoms with Gasteiger partial charge in [-0.2, -0.15) is 0 Å². The number of aromatic nitrogens is 3. The zero-order valence-electron chi connectivity index (χ0n) is 16.3. The molecule has 4 N–H and O–H groups in total. The summed E-state index contributed by atoms with van der Waals surface area (Å²) in [6.07, 6.45) is 8.14. The molecule has 7 heteroatoms. The number of hydrogen-bond donors (Lipinski definition) is 3. The molecule has 7 nitrogen and oxygen atoms in total. The lowest BCUT2D eigenvalue weighted by Gasteiger charge is -2.27. The van der Waals surface area contributed by atoms with E-state index in [0.717, 1.165) is 81.3 Å². The number of nitrogens with one attached hydrogen (secondary N) is 2. The smallest absolute Gasteiger partial charge is 0.130 e. The summed E-state index contributed by atoms with van der Waals surface area (Å²) in [5.41, 5.74) is 7.69. The van der Waals surface area contributed by atoms with E-state index >= 15 is 0 Å². The summed E-state index contributed by atoms with van der Waals surface area (Å²) >= 11 is 0. The normalized spacial score (nSPS) is 23.3. The standard InChI is InChI=1S/C21H30N6O/c22-16-4-6-17(7-5-16)26-21-12-19(24-14-25-21)18-2-1-3-20(27-18)23-13-15-8-10-28-11-9-15/h1-3,12,14-17H,4-11,13,22H2,(H,23,27)(H,24,25,26)/t16-,17-. The Kier molecular flexibility index (Phi) is 6.34. The van der Waals surface area contributed by atoms with Crippen LogP contribution in [0.25, 0.3) is 11.4 Å². The van der Waals surface area contributed by atoms with Gasteiger partial charge >= 0.3 is 0 Å². The Morgan fingerprint density at radius 3 is 2.61 bits per heavy atom. The molecule has 0 unspecified atom stereocenters. The van der Waals surface area contributed by atoms with Gasteiger partial charge in [-0.3, -0.25) is 0 Å². The van der Waals surface area contributed by atoms with Crippen LogP contribution in [0.3, 0.4) is 0 Å². The molecule has 1 saturated heterocycles. The Hall–Kier alpha value is -2.25. The molecule has 0 aromatic carbocycles. The summed E-state index contributed by atoms with van der Waals surface area (Å²) in [6, 6.07) is 8.79. The first kappa shape index (κ1) is 19.1. The van der Waals surface area contributed by atoms with Crippen molar-refractivity contribution in [3.05, 3.63) is 30.6 Å². The van der Waals surface area contributed by atoms with E-state index in [0.29, 0.717) is 18.0 Å². The van der Waals surface area contributed by atoms with Crippen molar-refractivity contribution in [2.75, 3.05) is 30.4 Å². The van der Waals surface area contributed by atoms with Crippen LogP contribution >= 0.6 is 0 Å². The molecule has 1 saturated carbocycles. The molecule has 2 aromatic heterocycles.